The second-order valence-corrected chi connectivity index (χ2v) is 5.78. The average Bonchev–Trinajstić information content (AvgIpc) is 2.66. The summed E-state index contributed by atoms with van der Waals surface area (Å²) in [7, 11) is 0. The van der Waals surface area contributed by atoms with E-state index in [1.165, 1.54) is 19.3 Å². The summed E-state index contributed by atoms with van der Waals surface area (Å²) in [5, 5.41) is 3.93. The van der Waals surface area contributed by atoms with Gasteiger partial charge in [0.05, 0.1) is 12.2 Å². The molecular weight excluding hydrogens is 214 g/mol. The molecule has 0 atom stereocenters. The Hall–Kier alpha value is -0.870. The molecule has 4 heteroatoms. The summed E-state index contributed by atoms with van der Waals surface area (Å²) in [6.45, 7) is 8.34. The average molecular weight is 237 g/mol. The highest BCUT2D eigenvalue weighted by Gasteiger charge is 2.23. The molecule has 0 aliphatic carbocycles. The summed E-state index contributed by atoms with van der Waals surface area (Å²) in [4.78, 5) is 2.45. The van der Waals surface area contributed by atoms with E-state index in [-0.39, 0.29) is 0 Å². The summed E-state index contributed by atoms with van der Waals surface area (Å²) in [6.07, 6.45) is 3.84. The second kappa shape index (κ2) is 5.19. The van der Waals surface area contributed by atoms with E-state index in [0.29, 0.717) is 12.0 Å². The topological polar surface area (TPSA) is 55.3 Å². The van der Waals surface area contributed by atoms with Crippen molar-refractivity contribution in [1.82, 2.24) is 10.1 Å². The van der Waals surface area contributed by atoms with Gasteiger partial charge in [0, 0.05) is 12.6 Å². The fourth-order valence-electron chi connectivity index (χ4n) is 2.38. The molecule has 4 nitrogen and oxygen atoms in total. The molecule has 2 N–H and O–H groups in total. The van der Waals surface area contributed by atoms with Crippen LogP contribution in [0.25, 0.3) is 0 Å². The third-order valence-electron chi connectivity index (χ3n) is 3.63. The van der Waals surface area contributed by atoms with E-state index in [1.807, 2.05) is 6.07 Å². The Labute approximate surface area is 103 Å². The monoisotopic (exact) mass is 237 g/mol. The van der Waals surface area contributed by atoms with E-state index in [1.54, 1.807) is 0 Å². The molecule has 0 spiro atoms. The van der Waals surface area contributed by atoms with Gasteiger partial charge in [-0.05, 0) is 37.8 Å². The number of likely N-dealkylation sites (tertiary alicyclic amines) is 1. The van der Waals surface area contributed by atoms with Gasteiger partial charge in [-0.2, -0.15) is 0 Å². The van der Waals surface area contributed by atoms with Crippen LogP contribution in [-0.2, 0) is 13.1 Å². The normalized spacial score (nSPS) is 21.4. The summed E-state index contributed by atoms with van der Waals surface area (Å²) in [6, 6.07) is 1.97. The number of rotatable bonds is 3. The van der Waals surface area contributed by atoms with Crippen molar-refractivity contribution in [3.63, 3.8) is 0 Å². The van der Waals surface area contributed by atoms with Gasteiger partial charge in [0.15, 0.2) is 5.76 Å². The van der Waals surface area contributed by atoms with Crippen LogP contribution in [0.5, 0.6) is 0 Å². The van der Waals surface area contributed by atoms with Crippen molar-refractivity contribution in [3.8, 4) is 0 Å². The molecule has 0 saturated carbocycles. The molecule has 96 valence electrons. The molecular formula is C13H23N3O. The fourth-order valence-corrected chi connectivity index (χ4v) is 2.38. The summed E-state index contributed by atoms with van der Waals surface area (Å²) < 4.78 is 5.28. The Morgan fingerprint density at radius 3 is 2.94 bits per heavy atom. The van der Waals surface area contributed by atoms with Crippen molar-refractivity contribution in [2.24, 2.45) is 11.1 Å². The predicted octanol–water partition coefficient (Wildman–Crippen LogP) is 2.15. The maximum atomic E-state index is 5.52. The molecule has 2 rings (SSSR count). The SMILES string of the molecule is CC1(C)CCCN(Cc2cc(CN)no2)CC1. The van der Waals surface area contributed by atoms with E-state index in [2.05, 4.69) is 23.9 Å². The van der Waals surface area contributed by atoms with Crippen LogP contribution in [0.1, 0.15) is 44.6 Å². The zero-order valence-electron chi connectivity index (χ0n) is 10.9. The van der Waals surface area contributed by atoms with Crippen molar-refractivity contribution in [2.75, 3.05) is 13.1 Å². The maximum Gasteiger partial charge on any atom is 0.151 e. The third-order valence-corrected chi connectivity index (χ3v) is 3.63. The molecule has 0 bridgehead atoms. The molecule has 1 fully saturated rings. The lowest BCUT2D eigenvalue weighted by atomic mass is 9.85. The number of nitrogens with zero attached hydrogens (tertiary/aromatic N) is 2. The van der Waals surface area contributed by atoms with Gasteiger partial charge in [0.2, 0.25) is 0 Å². The van der Waals surface area contributed by atoms with Crippen LogP contribution in [0, 0.1) is 5.41 Å². The quantitative estimate of drug-likeness (QED) is 0.875. The molecule has 0 radical (unpaired) electrons. The Kier molecular flexibility index (Phi) is 3.84. The number of aromatic nitrogens is 1. The lowest BCUT2D eigenvalue weighted by molar-refractivity contribution is 0.227. The van der Waals surface area contributed by atoms with Crippen LogP contribution in [0.2, 0.25) is 0 Å². The highest BCUT2D eigenvalue weighted by molar-refractivity contribution is 5.04. The summed E-state index contributed by atoms with van der Waals surface area (Å²) in [5.74, 6) is 0.935. The molecule has 0 aromatic carbocycles. The Bertz CT molecular complexity index is 359. The minimum absolute atomic E-state index is 0.455. The number of hydrogen-bond donors (Lipinski definition) is 1. The van der Waals surface area contributed by atoms with E-state index in [9.17, 15) is 0 Å². The zero-order valence-corrected chi connectivity index (χ0v) is 10.9. The lowest BCUT2D eigenvalue weighted by Crippen LogP contribution is -2.24. The number of nitrogens with two attached hydrogens (primary N) is 1. The highest BCUT2D eigenvalue weighted by atomic mass is 16.5. The van der Waals surface area contributed by atoms with Gasteiger partial charge in [0.1, 0.15) is 0 Å². The van der Waals surface area contributed by atoms with Crippen molar-refractivity contribution >= 4 is 0 Å². The second-order valence-electron chi connectivity index (χ2n) is 5.78. The first-order valence-corrected chi connectivity index (χ1v) is 6.46. The molecule has 1 aromatic rings. The standard InChI is InChI=1S/C13H23N3O/c1-13(2)4-3-6-16(7-5-13)10-12-8-11(9-14)15-17-12/h8H,3-7,9-10,14H2,1-2H3. The van der Waals surface area contributed by atoms with Crippen LogP contribution in [0.4, 0.5) is 0 Å². The molecule has 0 unspecified atom stereocenters. The van der Waals surface area contributed by atoms with Gasteiger partial charge in [-0.15, -0.1) is 0 Å². The lowest BCUT2D eigenvalue weighted by Gasteiger charge is -2.22. The van der Waals surface area contributed by atoms with E-state index in [0.717, 1.165) is 31.1 Å². The van der Waals surface area contributed by atoms with E-state index < -0.39 is 0 Å². The van der Waals surface area contributed by atoms with Gasteiger partial charge >= 0.3 is 0 Å². The van der Waals surface area contributed by atoms with Gasteiger partial charge in [-0.1, -0.05) is 19.0 Å². The fraction of sp³-hybridized carbons (Fsp3) is 0.769. The number of hydrogen-bond acceptors (Lipinski definition) is 4. The first kappa shape index (κ1) is 12.6. The summed E-state index contributed by atoms with van der Waals surface area (Å²) >= 11 is 0. The first-order valence-electron chi connectivity index (χ1n) is 6.46. The molecule has 17 heavy (non-hydrogen) atoms. The molecule has 1 aliphatic heterocycles. The minimum atomic E-state index is 0.455. The Balaban J connectivity index is 1.90. The molecule has 0 amide bonds. The Morgan fingerprint density at radius 1 is 1.41 bits per heavy atom. The molecule has 1 saturated heterocycles. The van der Waals surface area contributed by atoms with Crippen molar-refractivity contribution in [3.05, 3.63) is 17.5 Å². The molecule has 1 aromatic heterocycles. The third kappa shape index (κ3) is 3.54. The van der Waals surface area contributed by atoms with E-state index in [4.69, 9.17) is 10.3 Å². The van der Waals surface area contributed by atoms with Gasteiger partial charge in [-0.25, -0.2) is 0 Å². The van der Waals surface area contributed by atoms with Gasteiger partial charge in [-0.3, -0.25) is 4.90 Å². The van der Waals surface area contributed by atoms with Crippen molar-refractivity contribution in [1.29, 1.82) is 0 Å². The zero-order chi connectivity index (χ0) is 12.3. The van der Waals surface area contributed by atoms with Gasteiger partial charge < -0.3 is 10.3 Å². The minimum Gasteiger partial charge on any atom is -0.360 e. The smallest absolute Gasteiger partial charge is 0.151 e. The van der Waals surface area contributed by atoms with E-state index >= 15 is 0 Å². The van der Waals surface area contributed by atoms with Gasteiger partial charge in [0.25, 0.3) is 0 Å². The highest BCUT2D eigenvalue weighted by Crippen LogP contribution is 2.30. The maximum absolute atomic E-state index is 5.52. The predicted molar refractivity (Wildman–Crippen MR) is 67.3 cm³/mol. The molecule has 1 aliphatic rings. The first-order chi connectivity index (χ1) is 8.09. The Morgan fingerprint density at radius 2 is 2.24 bits per heavy atom. The summed E-state index contributed by atoms with van der Waals surface area (Å²) in [5.41, 5.74) is 6.85. The largest absolute Gasteiger partial charge is 0.360 e. The van der Waals surface area contributed by atoms with Crippen molar-refractivity contribution in [2.45, 2.75) is 46.2 Å². The van der Waals surface area contributed by atoms with Crippen LogP contribution < -0.4 is 5.73 Å². The van der Waals surface area contributed by atoms with Crippen molar-refractivity contribution < 1.29 is 4.52 Å². The van der Waals surface area contributed by atoms with Crippen LogP contribution in [0.15, 0.2) is 10.6 Å². The van der Waals surface area contributed by atoms with Crippen LogP contribution in [-0.4, -0.2) is 23.1 Å². The van der Waals surface area contributed by atoms with Crippen LogP contribution in [0.3, 0.4) is 0 Å². The van der Waals surface area contributed by atoms with Crippen LogP contribution >= 0.6 is 0 Å². The molecule has 2 heterocycles.